The number of thiophene rings is 1. The molecule has 0 spiro atoms. The number of aromatic nitrogens is 1. The molecule has 2 aromatic heterocycles. The summed E-state index contributed by atoms with van der Waals surface area (Å²) in [4.78, 5) is 28.6. The molecule has 6 nitrogen and oxygen atoms in total. The maximum atomic E-state index is 13.4. The number of carbonyl (C=O) groups is 2. The summed E-state index contributed by atoms with van der Waals surface area (Å²) in [6.07, 6.45) is 2.88. The number of ether oxygens (including phenoxy) is 1. The predicted octanol–water partition coefficient (Wildman–Crippen LogP) is 6.19. The predicted molar refractivity (Wildman–Crippen MR) is 125 cm³/mol. The Balaban J connectivity index is 0.00000199. The quantitative estimate of drug-likeness (QED) is 0.319. The zero-order chi connectivity index (χ0) is 25.3. The van der Waals surface area contributed by atoms with Crippen molar-refractivity contribution in [3.05, 3.63) is 74.7 Å². The fraction of sp³-hybridized carbons (Fsp3) is 0.348. The average molecular weight is 516 g/mol. The van der Waals surface area contributed by atoms with Gasteiger partial charge in [-0.25, -0.2) is 13.2 Å². The number of amides is 2. The first-order valence-electron chi connectivity index (χ1n) is 10.5. The fourth-order valence-electron chi connectivity index (χ4n) is 3.05. The van der Waals surface area contributed by atoms with Crippen LogP contribution < -0.4 is 5.32 Å². The van der Waals surface area contributed by atoms with E-state index in [2.05, 4.69) is 10.3 Å². The molecule has 34 heavy (non-hydrogen) atoms. The summed E-state index contributed by atoms with van der Waals surface area (Å²) in [5.41, 5.74) is 1.43. The average Bonchev–Trinajstić information content (AvgIpc) is 3.15. The summed E-state index contributed by atoms with van der Waals surface area (Å²) in [7, 11) is 0. The number of nitrogens with zero attached hydrogens (tertiary/aromatic N) is 2. The van der Waals surface area contributed by atoms with Gasteiger partial charge in [0.25, 0.3) is 12.3 Å². The molecule has 2 unspecified atom stereocenters. The van der Waals surface area contributed by atoms with Crippen LogP contribution in [0.4, 0.5) is 13.2 Å². The molecule has 0 radical (unpaired) electrons. The lowest BCUT2D eigenvalue weighted by molar-refractivity contribution is -0.130. The maximum absolute atomic E-state index is 13.4. The lowest BCUT2D eigenvalue weighted by Crippen LogP contribution is -2.27. The minimum atomic E-state index is -2.79. The maximum Gasteiger partial charge on any atom is 0.265 e. The largest absolute Gasteiger partial charge is 0.365 e. The Bertz CT molecular complexity index is 1020. The molecule has 0 saturated carbocycles. The van der Waals surface area contributed by atoms with E-state index in [9.17, 15) is 22.8 Å². The Morgan fingerprint density at radius 1 is 1.41 bits per heavy atom. The number of allylic oxidation sites excluding steroid dienone is 2. The summed E-state index contributed by atoms with van der Waals surface area (Å²) in [5.74, 6) is -1.31. The molecule has 1 fully saturated rings. The fourth-order valence-corrected chi connectivity index (χ4v) is 4.31. The van der Waals surface area contributed by atoms with Crippen molar-refractivity contribution in [1.82, 2.24) is 15.2 Å². The van der Waals surface area contributed by atoms with Gasteiger partial charge in [0.15, 0.2) is 0 Å². The molecule has 0 aliphatic carbocycles. The number of pyridine rings is 1. The van der Waals surface area contributed by atoms with Crippen LogP contribution in [-0.2, 0) is 9.53 Å². The minimum Gasteiger partial charge on any atom is -0.365 e. The first-order valence-corrected chi connectivity index (χ1v) is 11.7. The van der Waals surface area contributed by atoms with Crippen molar-refractivity contribution in [2.45, 2.75) is 45.8 Å². The number of alkyl halides is 2. The van der Waals surface area contributed by atoms with Gasteiger partial charge in [-0.2, -0.15) is 0 Å². The minimum absolute atomic E-state index is 0.113. The van der Waals surface area contributed by atoms with E-state index >= 15 is 0 Å². The van der Waals surface area contributed by atoms with Crippen molar-refractivity contribution in [3.8, 4) is 0 Å². The topological polar surface area (TPSA) is 71.5 Å². The highest BCUT2D eigenvalue weighted by atomic mass is 35.5. The van der Waals surface area contributed by atoms with Gasteiger partial charge in [-0.05, 0) is 30.7 Å². The number of nitrogens with one attached hydrogen (secondary N) is 1. The Hall–Kier alpha value is -2.69. The molecule has 1 aliphatic rings. The monoisotopic (exact) mass is 515 g/mol. The molecule has 2 atom stereocenters. The third-order valence-electron chi connectivity index (χ3n) is 4.50. The van der Waals surface area contributed by atoms with Crippen molar-refractivity contribution in [3.63, 3.8) is 0 Å². The normalized spacial score (nSPS) is 18.0. The molecule has 184 valence electrons. The van der Waals surface area contributed by atoms with Crippen LogP contribution >= 0.6 is 22.9 Å². The highest BCUT2D eigenvalue weighted by Gasteiger charge is 2.35. The molecule has 1 saturated heterocycles. The third-order valence-corrected chi connectivity index (χ3v) is 5.89. The number of halogens is 4. The van der Waals surface area contributed by atoms with Gasteiger partial charge in [-0.15, -0.1) is 11.3 Å². The second kappa shape index (κ2) is 13.3. The zero-order valence-corrected chi connectivity index (χ0v) is 20.4. The molecular formula is C23H25ClF3N3O3S. The van der Waals surface area contributed by atoms with Gasteiger partial charge < -0.3 is 15.0 Å². The molecule has 2 aromatic rings. The van der Waals surface area contributed by atoms with Gasteiger partial charge in [0.05, 0.1) is 39.5 Å². The summed E-state index contributed by atoms with van der Waals surface area (Å²) in [5, 5.41) is 2.42. The van der Waals surface area contributed by atoms with E-state index in [1.54, 1.807) is 18.5 Å². The summed E-state index contributed by atoms with van der Waals surface area (Å²) in [6.45, 7) is 4.22. The van der Waals surface area contributed by atoms with Crippen LogP contribution in [0.5, 0.6) is 0 Å². The molecule has 11 heteroatoms. The molecule has 1 N–H and O–H groups in total. The lowest BCUT2D eigenvalue weighted by Gasteiger charge is -2.36. The van der Waals surface area contributed by atoms with Gasteiger partial charge in [0, 0.05) is 30.6 Å². The van der Waals surface area contributed by atoms with Crippen LogP contribution in [0.3, 0.4) is 0 Å². The Morgan fingerprint density at radius 2 is 2.12 bits per heavy atom. The van der Waals surface area contributed by atoms with E-state index in [-0.39, 0.29) is 29.2 Å². The first kappa shape index (κ1) is 27.6. The highest BCUT2D eigenvalue weighted by Crippen LogP contribution is 2.48. The van der Waals surface area contributed by atoms with Gasteiger partial charge in [-0.1, -0.05) is 31.5 Å². The molecule has 1 aliphatic heterocycles. The van der Waals surface area contributed by atoms with Crippen LogP contribution in [0.25, 0.3) is 0 Å². The second-order valence-corrected chi connectivity index (χ2v) is 8.59. The molecular weight excluding hydrogens is 491 g/mol. The third kappa shape index (κ3) is 7.68. The molecule has 3 rings (SSSR count). The Kier molecular flexibility index (Phi) is 10.7. The molecule has 0 bridgehead atoms. The van der Waals surface area contributed by atoms with Crippen LogP contribution in [-0.4, -0.2) is 35.2 Å². The van der Waals surface area contributed by atoms with Gasteiger partial charge in [-0.3, -0.25) is 14.6 Å². The standard InChI is InChI=1S/C21H19ClF3N3O3S.C2H6/c1-12(23)5-14(9-28(11-29)10-19(24)25)27-21(30)18-6-15(20(22)32-18)17-7-16(31-17)13-3-2-4-26-8-13;1-2/h2-6,8-9,11,16-17,19H,7,10H2,1H3,(H,27,30);1-2H3/b12-5+,14-9+;. The molecule has 2 amide bonds. The van der Waals surface area contributed by atoms with E-state index in [0.29, 0.717) is 21.2 Å². The van der Waals surface area contributed by atoms with Crippen LogP contribution in [0.1, 0.15) is 60.2 Å². The van der Waals surface area contributed by atoms with Crippen molar-refractivity contribution < 1.29 is 27.5 Å². The van der Waals surface area contributed by atoms with E-state index in [0.717, 1.165) is 36.1 Å². The number of hydrogen-bond donors (Lipinski definition) is 1. The van der Waals surface area contributed by atoms with E-state index in [4.69, 9.17) is 16.3 Å². The Labute approximate surface area is 205 Å². The summed E-state index contributed by atoms with van der Waals surface area (Å²) in [6, 6.07) is 5.30. The number of hydrogen-bond acceptors (Lipinski definition) is 5. The van der Waals surface area contributed by atoms with E-state index < -0.39 is 24.7 Å². The number of rotatable bonds is 9. The van der Waals surface area contributed by atoms with E-state index in [1.165, 1.54) is 0 Å². The summed E-state index contributed by atoms with van der Waals surface area (Å²) < 4.78 is 44.8. The smallest absolute Gasteiger partial charge is 0.265 e. The molecule has 0 aromatic carbocycles. The molecule has 3 heterocycles. The number of carbonyl (C=O) groups excluding carboxylic acids is 2. The Morgan fingerprint density at radius 3 is 2.68 bits per heavy atom. The first-order chi connectivity index (χ1) is 16.3. The van der Waals surface area contributed by atoms with Crippen molar-refractivity contribution in [2.24, 2.45) is 0 Å². The van der Waals surface area contributed by atoms with Crippen molar-refractivity contribution in [2.75, 3.05) is 6.54 Å². The van der Waals surface area contributed by atoms with Gasteiger partial charge >= 0.3 is 0 Å². The summed E-state index contributed by atoms with van der Waals surface area (Å²) >= 11 is 7.31. The SMILES string of the molecule is C/C(F)=C\C(=C/N(C=O)CC(F)F)NC(=O)c1cc(C2CC(c3cccnc3)O2)c(Cl)s1.CC. The lowest BCUT2D eigenvalue weighted by atomic mass is 9.95. The van der Waals surface area contributed by atoms with E-state index in [1.807, 2.05) is 26.0 Å². The second-order valence-electron chi connectivity index (χ2n) is 6.94. The van der Waals surface area contributed by atoms with Crippen LogP contribution in [0, 0.1) is 0 Å². The van der Waals surface area contributed by atoms with Crippen LogP contribution in [0.15, 0.2) is 54.4 Å². The zero-order valence-electron chi connectivity index (χ0n) is 18.8. The highest BCUT2D eigenvalue weighted by molar-refractivity contribution is 7.18. The van der Waals surface area contributed by atoms with Crippen molar-refractivity contribution >= 4 is 35.3 Å². The van der Waals surface area contributed by atoms with Gasteiger partial charge in [0.1, 0.15) is 0 Å². The van der Waals surface area contributed by atoms with Gasteiger partial charge in [0.2, 0.25) is 6.41 Å². The van der Waals surface area contributed by atoms with Crippen LogP contribution in [0.2, 0.25) is 4.34 Å². The van der Waals surface area contributed by atoms with Crippen molar-refractivity contribution in [1.29, 1.82) is 0 Å².